The Bertz CT molecular complexity index is 460. The Hall–Kier alpha value is -0.780. The summed E-state index contributed by atoms with van der Waals surface area (Å²) < 4.78 is 11.8. The molecule has 0 unspecified atom stereocenters. The van der Waals surface area contributed by atoms with Gasteiger partial charge in [-0.05, 0) is 46.5 Å². The van der Waals surface area contributed by atoms with Crippen LogP contribution in [0.25, 0.3) is 0 Å². The Labute approximate surface area is 129 Å². The van der Waals surface area contributed by atoms with Crippen LogP contribution < -0.4 is 14.8 Å². The number of halogens is 1. The second-order valence-corrected chi connectivity index (χ2v) is 5.84. The summed E-state index contributed by atoms with van der Waals surface area (Å²) in [6, 6.07) is 2.10. The predicted molar refractivity (Wildman–Crippen MR) is 85.0 cm³/mol. The minimum atomic E-state index is 0.774. The van der Waals surface area contributed by atoms with Crippen molar-refractivity contribution in [2.24, 2.45) is 0 Å². The lowest BCUT2D eigenvalue weighted by Gasteiger charge is -2.27. The van der Waals surface area contributed by atoms with Crippen LogP contribution in [0.5, 0.6) is 11.5 Å². The maximum Gasteiger partial charge on any atom is 0.175 e. The molecule has 0 atom stereocenters. The summed E-state index contributed by atoms with van der Waals surface area (Å²) in [6.07, 6.45) is 1.03. The Morgan fingerprint density at radius 3 is 2.55 bits per heavy atom. The van der Waals surface area contributed by atoms with Crippen molar-refractivity contribution in [1.82, 2.24) is 10.2 Å². The predicted octanol–water partition coefficient (Wildman–Crippen LogP) is 2.22. The molecule has 1 fully saturated rings. The van der Waals surface area contributed by atoms with Gasteiger partial charge in [0.25, 0.3) is 0 Å². The van der Waals surface area contributed by atoms with Crippen molar-refractivity contribution in [3.8, 4) is 11.5 Å². The van der Waals surface area contributed by atoms with Gasteiger partial charge in [-0.1, -0.05) is 0 Å². The van der Waals surface area contributed by atoms with Crippen LogP contribution in [0.3, 0.4) is 0 Å². The molecular weight excluding hydrogens is 320 g/mol. The average Bonchev–Trinajstić information content (AvgIpc) is 2.49. The molecule has 0 radical (unpaired) electrons. The summed E-state index contributed by atoms with van der Waals surface area (Å²) in [7, 11) is 3.35. The van der Waals surface area contributed by atoms with Crippen molar-refractivity contribution in [3.05, 3.63) is 21.7 Å². The van der Waals surface area contributed by atoms with Gasteiger partial charge >= 0.3 is 0 Å². The minimum Gasteiger partial charge on any atom is -0.493 e. The monoisotopic (exact) mass is 342 g/mol. The molecular formula is C15H23BrN2O2. The van der Waals surface area contributed by atoms with Crippen LogP contribution in [0.15, 0.2) is 10.5 Å². The highest BCUT2D eigenvalue weighted by Gasteiger charge is 2.16. The van der Waals surface area contributed by atoms with E-state index in [1.807, 2.05) is 0 Å². The van der Waals surface area contributed by atoms with Gasteiger partial charge in [-0.2, -0.15) is 0 Å². The number of nitrogens with one attached hydrogen (secondary N) is 1. The van der Waals surface area contributed by atoms with Crippen LogP contribution in [0.4, 0.5) is 0 Å². The summed E-state index contributed by atoms with van der Waals surface area (Å²) in [5.74, 6) is 1.57. The number of methoxy groups -OCH3 is 2. The number of hydrogen-bond donors (Lipinski definition) is 1. The average molecular weight is 343 g/mol. The first-order chi connectivity index (χ1) is 9.67. The molecule has 1 saturated heterocycles. The summed E-state index contributed by atoms with van der Waals surface area (Å²) in [6.45, 7) is 7.66. The molecule has 1 aromatic rings. The van der Waals surface area contributed by atoms with Crippen LogP contribution in [0, 0.1) is 6.92 Å². The van der Waals surface area contributed by atoms with Crippen LogP contribution in [-0.2, 0) is 6.42 Å². The van der Waals surface area contributed by atoms with Gasteiger partial charge in [0.15, 0.2) is 11.5 Å². The van der Waals surface area contributed by atoms with Crippen LogP contribution >= 0.6 is 15.9 Å². The third-order valence-corrected chi connectivity index (χ3v) is 4.83. The summed E-state index contributed by atoms with van der Waals surface area (Å²) in [5, 5.41) is 3.38. The van der Waals surface area contributed by atoms with E-state index in [9.17, 15) is 0 Å². The molecule has 0 saturated carbocycles. The molecule has 2 rings (SSSR count). The van der Waals surface area contributed by atoms with E-state index >= 15 is 0 Å². The van der Waals surface area contributed by atoms with Crippen molar-refractivity contribution in [2.45, 2.75) is 13.3 Å². The lowest BCUT2D eigenvalue weighted by Crippen LogP contribution is -2.44. The van der Waals surface area contributed by atoms with Gasteiger partial charge < -0.3 is 19.7 Å². The zero-order valence-corrected chi connectivity index (χ0v) is 14.0. The molecule has 0 aliphatic carbocycles. The Morgan fingerprint density at radius 2 is 1.95 bits per heavy atom. The van der Waals surface area contributed by atoms with Crippen molar-refractivity contribution in [3.63, 3.8) is 0 Å². The Balaban J connectivity index is 2.12. The van der Waals surface area contributed by atoms with Crippen LogP contribution in [-0.4, -0.2) is 51.8 Å². The molecule has 1 aliphatic heterocycles. The van der Waals surface area contributed by atoms with Crippen molar-refractivity contribution >= 4 is 15.9 Å². The fourth-order valence-electron chi connectivity index (χ4n) is 2.57. The van der Waals surface area contributed by atoms with Crippen molar-refractivity contribution < 1.29 is 9.47 Å². The van der Waals surface area contributed by atoms with Gasteiger partial charge in [-0.25, -0.2) is 0 Å². The van der Waals surface area contributed by atoms with Gasteiger partial charge in [-0.3, -0.25) is 0 Å². The van der Waals surface area contributed by atoms with E-state index in [1.165, 1.54) is 11.1 Å². The fraction of sp³-hybridized carbons (Fsp3) is 0.600. The normalized spacial score (nSPS) is 16.2. The first-order valence-corrected chi connectivity index (χ1v) is 7.79. The standard InChI is InChI=1S/C15H23BrN2O2/c1-11-12(4-7-18-8-5-17-6-9-18)10-13(19-2)15(20-3)14(11)16/h10,17H,4-9H2,1-3H3. The molecule has 1 heterocycles. The summed E-state index contributed by atoms with van der Waals surface area (Å²) in [5.41, 5.74) is 2.55. The third kappa shape index (κ3) is 3.45. The molecule has 0 spiro atoms. The Kier molecular flexibility index (Phi) is 5.69. The number of ether oxygens (including phenoxy) is 2. The molecule has 5 heteroatoms. The topological polar surface area (TPSA) is 33.7 Å². The number of piperazine rings is 1. The van der Waals surface area contributed by atoms with Crippen LogP contribution in [0.2, 0.25) is 0 Å². The smallest absolute Gasteiger partial charge is 0.175 e. The molecule has 4 nitrogen and oxygen atoms in total. The molecule has 0 amide bonds. The first kappa shape index (κ1) is 15.6. The lowest BCUT2D eigenvalue weighted by molar-refractivity contribution is 0.243. The van der Waals surface area contributed by atoms with Crippen LogP contribution in [0.1, 0.15) is 11.1 Å². The van der Waals surface area contributed by atoms with E-state index in [4.69, 9.17) is 9.47 Å². The number of rotatable bonds is 5. The highest BCUT2D eigenvalue weighted by Crippen LogP contribution is 2.39. The number of nitrogens with zero attached hydrogens (tertiary/aromatic N) is 1. The second-order valence-electron chi connectivity index (χ2n) is 5.05. The van der Waals surface area contributed by atoms with Gasteiger partial charge in [0, 0.05) is 32.7 Å². The molecule has 1 aromatic carbocycles. The molecule has 0 bridgehead atoms. The van der Waals surface area contributed by atoms with E-state index in [1.54, 1.807) is 14.2 Å². The fourth-order valence-corrected chi connectivity index (χ4v) is 3.18. The lowest BCUT2D eigenvalue weighted by atomic mass is 10.0. The quantitative estimate of drug-likeness (QED) is 0.889. The van der Waals surface area contributed by atoms with Gasteiger partial charge in [0.05, 0.1) is 18.7 Å². The molecule has 20 heavy (non-hydrogen) atoms. The van der Waals surface area contributed by atoms with Gasteiger partial charge in [0.2, 0.25) is 0 Å². The zero-order chi connectivity index (χ0) is 14.5. The largest absolute Gasteiger partial charge is 0.493 e. The molecule has 1 aliphatic rings. The highest BCUT2D eigenvalue weighted by molar-refractivity contribution is 9.10. The maximum absolute atomic E-state index is 5.43. The zero-order valence-electron chi connectivity index (χ0n) is 12.5. The van der Waals surface area contributed by atoms with E-state index < -0.39 is 0 Å². The number of benzene rings is 1. The van der Waals surface area contributed by atoms with E-state index in [-0.39, 0.29) is 0 Å². The van der Waals surface area contributed by atoms with Gasteiger partial charge in [0.1, 0.15) is 0 Å². The molecule has 112 valence electrons. The minimum absolute atomic E-state index is 0.774. The summed E-state index contributed by atoms with van der Waals surface area (Å²) in [4.78, 5) is 2.50. The van der Waals surface area contributed by atoms with E-state index in [2.05, 4.69) is 39.1 Å². The van der Waals surface area contributed by atoms with Crippen molar-refractivity contribution in [1.29, 1.82) is 0 Å². The Morgan fingerprint density at radius 1 is 1.25 bits per heavy atom. The van der Waals surface area contributed by atoms with Crippen molar-refractivity contribution in [2.75, 3.05) is 46.9 Å². The first-order valence-electron chi connectivity index (χ1n) is 7.00. The second kappa shape index (κ2) is 7.29. The van der Waals surface area contributed by atoms with E-state index in [0.29, 0.717) is 0 Å². The summed E-state index contributed by atoms with van der Waals surface area (Å²) >= 11 is 3.62. The molecule has 1 N–H and O–H groups in total. The maximum atomic E-state index is 5.43. The van der Waals surface area contributed by atoms with E-state index in [0.717, 1.165) is 55.1 Å². The molecule has 0 aromatic heterocycles. The number of hydrogen-bond acceptors (Lipinski definition) is 4. The van der Waals surface area contributed by atoms with Gasteiger partial charge in [-0.15, -0.1) is 0 Å². The third-order valence-electron chi connectivity index (χ3n) is 3.87. The SMILES string of the molecule is COc1cc(CCN2CCNCC2)c(C)c(Br)c1OC. The highest BCUT2D eigenvalue weighted by atomic mass is 79.9.